The first-order chi connectivity index (χ1) is 11.4. The standard InChI is InChI=1S/C16H18FN3O2S2/c1-3-8-24(21,22)18-9-15-11(2)20-10-14(19-16(20)23-15)12-4-6-13(17)7-5-12/h4-7,10,18H,3,8-9H2,1-2H3. The van der Waals surface area contributed by atoms with Crippen molar-refractivity contribution in [1.82, 2.24) is 14.1 Å². The van der Waals surface area contributed by atoms with E-state index in [-0.39, 0.29) is 18.1 Å². The van der Waals surface area contributed by atoms with Crippen molar-refractivity contribution < 1.29 is 12.8 Å². The third-order valence-corrected chi connectivity index (χ3v) is 6.40. The molecule has 2 aromatic heterocycles. The van der Waals surface area contributed by atoms with Crippen LogP contribution in [-0.2, 0) is 16.6 Å². The summed E-state index contributed by atoms with van der Waals surface area (Å²) in [5, 5.41) is 0. The highest BCUT2D eigenvalue weighted by atomic mass is 32.2. The number of hydrogen-bond donors (Lipinski definition) is 1. The molecule has 0 saturated carbocycles. The van der Waals surface area contributed by atoms with Gasteiger partial charge >= 0.3 is 0 Å². The number of fused-ring (bicyclic) bond motifs is 1. The maximum Gasteiger partial charge on any atom is 0.211 e. The fourth-order valence-electron chi connectivity index (χ4n) is 2.43. The average molecular weight is 367 g/mol. The molecule has 0 radical (unpaired) electrons. The van der Waals surface area contributed by atoms with Crippen molar-refractivity contribution in [2.45, 2.75) is 26.8 Å². The first-order valence-electron chi connectivity index (χ1n) is 7.60. The normalized spacial score (nSPS) is 12.1. The van der Waals surface area contributed by atoms with E-state index in [2.05, 4.69) is 9.71 Å². The lowest BCUT2D eigenvalue weighted by Crippen LogP contribution is -2.25. The number of rotatable bonds is 6. The Morgan fingerprint density at radius 2 is 2.00 bits per heavy atom. The Kier molecular flexibility index (Phi) is 4.71. The number of aromatic nitrogens is 2. The predicted octanol–water partition coefficient (Wildman–Crippen LogP) is 3.34. The summed E-state index contributed by atoms with van der Waals surface area (Å²) in [4.78, 5) is 6.28. The van der Waals surface area contributed by atoms with Gasteiger partial charge in [0.2, 0.25) is 10.0 Å². The van der Waals surface area contributed by atoms with Gasteiger partial charge in [0.15, 0.2) is 4.96 Å². The second-order valence-electron chi connectivity index (χ2n) is 5.54. The molecule has 0 aliphatic heterocycles. The maximum absolute atomic E-state index is 13.0. The molecule has 0 aliphatic rings. The molecule has 0 fully saturated rings. The van der Waals surface area contributed by atoms with E-state index in [9.17, 15) is 12.8 Å². The summed E-state index contributed by atoms with van der Waals surface area (Å²) in [6.07, 6.45) is 2.47. The van der Waals surface area contributed by atoms with E-state index in [1.165, 1.54) is 23.5 Å². The van der Waals surface area contributed by atoms with E-state index >= 15 is 0 Å². The van der Waals surface area contributed by atoms with E-state index in [1.54, 1.807) is 12.1 Å². The smallest absolute Gasteiger partial charge is 0.211 e. The van der Waals surface area contributed by atoms with Gasteiger partial charge in [-0.25, -0.2) is 22.5 Å². The summed E-state index contributed by atoms with van der Waals surface area (Å²) in [6.45, 7) is 4.04. The molecule has 0 amide bonds. The van der Waals surface area contributed by atoms with E-state index in [1.807, 2.05) is 24.4 Å². The van der Waals surface area contributed by atoms with Crippen LogP contribution in [0.3, 0.4) is 0 Å². The van der Waals surface area contributed by atoms with Crippen LogP contribution < -0.4 is 4.72 Å². The minimum Gasteiger partial charge on any atom is -0.294 e. The van der Waals surface area contributed by atoms with Crippen LogP contribution in [0.2, 0.25) is 0 Å². The van der Waals surface area contributed by atoms with Crippen LogP contribution in [-0.4, -0.2) is 23.6 Å². The Morgan fingerprint density at radius 1 is 1.29 bits per heavy atom. The Hall–Kier alpha value is -1.77. The molecule has 3 rings (SSSR count). The van der Waals surface area contributed by atoms with Gasteiger partial charge in [-0.2, -0.15) is 0 Å². The largest absolute Gasteiger partial charge is 0.294 e. The zero-order chi connectivity index (χ0) is 17.3. The summed E-state index contributed by atoms with van der Waals surface area (Å²) in [5.74, 6) is -0.152. The molecule has 0 spiro atoms. The zero-order valence-corrected chi connectivity index (χ0v) is 15.0. The highest BCUT2D eigenvalue weighted by Crippen LogP contribution is 2.27. The van der Waals surface area contributed by atoms with Crippen LogP contribution in [0.25, 0.3) is 16.2 Å². The van der Waals surface area contributed by atoms with Gasteiger partial charge in [0.25, 0.3) is 0 Å². The Morgan fingerprint density at radius 3 is 2.62 bits per heavy atom. The van der Waals surface area contributed by atoms with Crippen molar-refractivity contribution in [2.24, 2.45) is 0 Å². The fourth-order valence-corrected chi connectivity index (χ4v) is 4.61. The number of hydrogen-bond acceptors (Lipinski definition) is 4. The van der Waals surface area contributed by atoms with E-state index < -0.39 is 10.0 Å². The quantitative estimate of drug-likeness (QED) is 0.727. The van der Waals surface area contributed by atoms with Gasteiger partial charge in [-0.3, -0.25) is 4.40 Å². The number of sulfonamides is 1. The van der Waals surface area contributed by atoms with Crippen molar-refractivity contribution >= 4 is 26.3 Å². The molecule has 0 atom stereocenters. The first-order valence-corrected chi connectivity index (χ1v) is 10.1. The molecule has 1 N–H and O–H groups in total. The second-order valence-corrected chi connectivity index (χ2v) is 8.52. The number of nitrogens with zero attached hydrogens (tertiary/aromatic N) is 2. The molecule has 2 heterocycles. The Balaban J connectivity index is 1.85. The van der Waals surface area contributed by atoms with Gasteiger partial charge in [0.05, 0.1) is 11.4 Å². The lowest BCUT2D eigenvalue weighted by molar-refractivity contribution is 0.580. The molecule has 8 heteroatoms. The average Bonchev–Trinajstić information content (AvgIpc) is 3.06. The van der Waals surface area contributed by atoms with E-state index in [4.69, 9.17) is 0 Å². The number of imidazole rings is 1. The number of aryl methyl sites for hydroxylation is 1. The first kappa shape index (κ1) is 17.1. The predicted molar refractivity (Wildman–Crippen MR) is 94.1 cm³/mol. The van der Waals surface area contributed by atoms with Crippen LogP contribution in [0.15, 0.2) is 30.5 Å². The highest BCUT2D eigenvalue weighted by molar-refractivity contribution is 7.89. The second kappa shape index (κ2) is 6.62. The van der Waals surface area contributed by atoms with Crippen molar-refractivity contribution in [3.63, 3.8) is 0 Å². The Labute approximate surface area is 144 Å². The molecular weight excluding hydrogens is 349 g/mol. The van der Waals surface area contributed by atoms with Crippen molar-refractivity contribution in [3.8, 4) is 11.3 Å². The van der Waals surface area contributed by atoms with Gasteiger partial charge < -0.3 is 0 Å². The maximum atomic E-state index is 13.0. The number of nitrogens with one attached hydrogen (secondary N) is 1. The van der Waals surface area contributed by atoms with Crippen LogP contribution in [0, 0.1) is 12.7 Å². The van der Waals surface area contributed by atoms with Crippen LogP contribution >= 0.6 is 11.3 Å². The van der Waals surface area contributed by atoms with Gasteiger partial charge in [0.1, 0.15) is 5.82 Å². The molecule has 0 aliphatic carbocycles. The molecule has 3 aromatic rings. The number of thiazole rings is 1. The lowest BCUT2D eigenvalue weighted by atomic mass is 10.2. The molecule has 0 bridgehead atoms. The van der Waals surface area contributed by atoms with Crippen molar-refractivity contribution in [2.75, 3.05) is 5.75 Å². The topological polar surface area (TPSA) is 63.5 Å². The molecule has 128 valence electrons. The summed E-state index contributed by atoms with van der Waals surface area (Å²) in [5.41, 5.74) is 2.56. The summed E-state index contributed by atoms with van der Waals surface area (Å²) in [7, 11) is -3.23. The Bertz CT molecular complexity index is 959. The van der Waals surface area contributed by atoms with Crippen molar-refractivity contribution in [3.05, 3.63) is 46.9 Å². The third kappa shape index (κ3) is 3.50. The van der Waals surface area contributed by atoms with Crippen LogP contribution in [0.1, 0.15) is 23.9 Å². The third-order valence-electron chi connectivity index (χ3n) is 3.72. The van der Waals surface area contributed by atoms with Gasteiger partial charge in [0, 0.05) is 28.9 Å². The van der Waals surface area contributed by atoms with Crippen molar-refractivity contribution in [1.29, 1.82) is 0 Å². The molecular formula is C16H18FN3O2S2. The molecule has 5 nitrogen and oxygen atoms in total. The number of halogens is 1. The molecule has 24 heavy (non-hydrogen) atoms. The summed E-state index contributed by atoms with van der Waals surface area (Å²) < 4.78 is 41.1. The van der Waals surface area contributed by atoms with Gasteiger partial charge in [-0.05, 0) is 37.6 Å². The lowest BCUT2D eigenvalue weighted by Gasteiger charge is -2.04. The minimum atomic E-state index is -3.23. The number of benzene rings is 1. The minimum absolute atomic E-state index is 0.128. The SMILES string of the molecule is CCCS(=O)(=O)NCc1sc2nc(-c3ccc(F)cc3)cn2c1C. The molecule has 1 aromatic carbocycles. The molecule has 0 saturated heterocycles. The monoisotopic (exact) mass is 367 g/mol. The van der Waals surface area contributed by atoms with Gasteiger partial charge in [-0.15, -0.1) is 0 Å². The highest BCUT2D eigenvalue weighted by Gasteiger charge is 2.15. The van der Waals surface area contributed by atoms with Gasteiger partial charge in [-0.1, -0.05) is 18.3 Å². The fraction of sp³-hybridized carbons (Fsp3) is 0.312. The summed E-state index contributed by atoms with van der Waals surface area (Å²) >= 11 is 1.45. The zero-order valence-electron chi connectivity index (χ0n) is 13.4. The van der Waals surface area contributed by atoms with Crippen LogP contribution in [0.5, 0.6) is 0 Å². The molecule has 0 unspecified atom stereocenters. The van der Waals surface area contributed by atoms with E-state index in [0.717, 1.165) is 26.8 Å². The van der Waals surface area contributed by atoms with E-state index in [0.29, 0.717) is 6.42 Å². The van der Waals surface area contributed by atoms with Crippen LogP contribution in [0.4, 0.5) is 4.39 Å². The summed E-state index contributed by atoms with van der Waals surface area (Å²) in [6, 6.07) is 6.20.